The average molecular weight is 553 g/mol. The standard InChI is InChI=1S/C29H21BrN4OS/c1-20(35)28-32-34(24-18-16-22(30)17-19-24)29(36-28)26-15-9-8-14-25(26)27(21-10-4-2-5-11-21)31-33(29)23-12-6-3-7-13-23/h2-19H,1H3. The van der Waals surface area contributed by atoms with Gasteiger partial charge in [0.2, 0.25) is 4.99 Å². The lowest BCUT2D eigenvalue weighted by atomic mass is 9.93. The van der Waals surface area contributed by atoms with Crippen LogP contribution < -0.4 is 10.0 Å². The van der Waals surface area contributed by atoms with Gasteiger partial charge in [-0.25, -0.2) is 10.0 Å². The summed E-state index contributed by atoms with van der Waals surface area (Å²) in [5, 5.41) is 14.5. The van der Waals surface area contributed by atoms with Crippen molar-refractivity contribution >= 4 is 55.6 Å². The molecule has 6 rings (SSSR count). The van der Waals surface area contributed by atoms with E-state index in [9.17, 15) is 4.79 Å². The third kappa shape index (κ3) is 3.67. The first-order chi connectivity index (χ1) is 17.6. The van der Waals surface area contributed by atoms with Crippen molar-refractivity contribution in [3.8, 4) is 0 Å². The number of ketones is 1. The van der Waals surface area contributed by atoms with Crippen LogP contribution in [0.2, 0.25) is 0 Å². The van der Waals surface area contributed by atoms with Crippen molar-refractivity contribution in [3.05, 3.63) is 130 Å². The quantitative estimate of drug-likeness (QED) is 0.274. The lowest BCUT2D eigenvalue weighted by molar-refractivity contribution is -0.110. The number of rotatable bonds is 4. The molecule has 7 heteroatoms. The van der Waals surface area contributed by atoms with Crippen molar-refractivity contribution in [3.63, 3.8) is 0 Å². The van der Waals surface area contributed by atoms with Gasteiger partial charge >= 0.3 is 0 Å². The number of hydrogen-bond donors (Lipinski definition) is 0. The summed E-state index contributed by atoms with van der Waals surface area (Å²) in [5.41, 5.74) is 5.66. The third-order valence-corrected chi connectivity index (χ3v) is 8.10. The molecule has 0 saturated heterocycles. The maximum atomic E-state index is 12.7. The molecule has 5 nitrogen and oxygen atoms in total. The van der Waals surface area contributed by atoms with Crippen LogP contribution in [0.15, 0.2) is 124 Å². The van der Waals surface area contributed by atoms with Crippen LogP contribution in [0.1, 0.15) is 23.6 Å². The first-order valence-electron chi connectivity index (χ1n) is 11.5. The number of thioether (sulfide) groups is 1. The van der Waals surface area contributed by atoms with Gasteiger partial charge in [-0.05, 0) is 48.2 Å². The van der Waals surface area contributed by atoms with Crippen molar-refractivity contribution in [2.75, 3.05) is 10.0 Å². The zero-order valence-corrected chi connectivity index (χ0v) is 21.8. The molecule has 1 unspecified atom stereocenters. The molecule has 4 aromatic carbocycles. The Hall–Kier alpha value is -3.68. The predicted octanol–water partition coefficient (Wildman–Crippen LogP) is 6.99. The van der Waals surface area contributed by atoms with E-state index in [2.05, 4.69) is 40.2 Å². The number of fused-ring (bicyclic) bond motifs is 2. The SMILES string of the molecule is CC(=O)C1=NN(c2ccc(Br)cc2)C2(S1)c1ccccc1C(c1ccccc1)=NN2c1ccccc1. The van der Waals surface area contributed by atoms with Crippen LogP contribution in [-0.2, 0) is 9.79 Å². The number of carbonyl (C=O) groups excluding carboxylic acids is 1. The average Bonchev–Trinajstić information content (AvgIpc) is 3.32. The van der Waals surface area contributed by atoms with Crippen LogP contribution in [0, 0.1) is 0 Å². The highest BCUT2D eigenvalue weighted by Gasteiger charge is 2.55. The zero-order valence-electron chi connectivity index (χ0n) is 19.4. The molecule has 1 atom stereocenters. The highest BCUT2D eigenvalue weighted by atomic mass is 79.9. The number of anilines is 2. The molecule has 0 fully saturated rings. The monoisotopic (exact) mass is 552 g/mol. The second-order valence-electron chi connectivity index (χ2n) is 8.47. The Morgan fingerprint density at radius 1 is 0.750 bits per heavy atom. The van der Waals surface area contributed by atoms with Gasteiger partial charge in [-0.1, -0.05) is 88.7 Å². The minimum Gasteiger partial charge on any atom is -0.292 e. The molecular formula is C29H21BrN4OS. The number of para-hydroxylation sites is 1. The Kier molecular flexibility index (Phi) is 5.74. The van der Waals surface area contributed by atoms with E-state index < -0.39 is 4.99 Å². The van der Waals surface area contributed by atoms with Crippen molar-refractivity contribution < 1.29 is 4.79 Å². The van der Waals surface area contributed by atoms with Crippen LogP contribution in [0.3, 0.4) is 0 Å². The van der Waals surface area contributed by atoms with E-state index in [1.807, 2.05) is 94.9 Å². The van der Waals surface area contributed by atoms with E-state index in [0.29, 0.717) is 5.04 Å². The molecule has 2 heterocycles. The van der Waals surface area contributed by atoms with Gasteiger partial charge in [-0.2, -0.15) is 10.2 Å². The lowest BCUT2D eigenvalue weighted by Gasteiger charge is -2.47. The Morgan fingerprint density at radius 2 is 1.33 bits per heavy atom. The highest BCUT2D eigenvalue weighted by molar-refractivity contribution is 9.10. The third-order valence-electron chi connectivity index (χ3n) is 6.16. The highest BCUT2D eigenvalue weighted by Crippen LogP contribution is 2.55. The van der Waals surface area contributed by atoms with Gasteiger partial charge in [0.15, 0.2) is 10.8 Å². The Morgan fingerprint density at radius 3 is 2.03 bits per heavy atom. The van der Waals surface area contributed by atoms with E-state index >= 15 is 0 Å². The molecule has 0 aliphatic carbocycles. The smallest absolute Gasteiger partial charge is 0.234 e. The molecule has 2 aliphatic heterocycles. The second-order valence-corrected chi connectivity index (χ2v) is 10.5. The zero-order chi connectivity index (χ0) is 24.7. The first-order valence-corrected chi connectivity index (χ1v) is 13.1. The van der Waals surface area contributed by atoms with Gasteiger partial charge in [-0.3, -0.25) is 4.79 Å². The van der Waals surface area contributed by atoms with Crippen molar-refractivity contribution in [2.24, 2.45) is 10.2 Å². The summed E-state index contributed by atoms with van der Waals surface area (Å²) < 4.78 is 0.969. The number of hydrogen-bond acceptors (Lipinski definition) is 6. The van der Waals surface area contributed by atoms with E-state index in [1.54, 1.807) is 6.92 Å². The minimum absolute atomic E-state index is 0.0812. The van der Waals surface area contributed by atoms with Crippen molar-refractivity contribution in [2.45, 2.75) is 11.9 Å². The predicted molar refractivity (Wildman–Crippen MR) is 151 cm³/mol. The van der Waals surface area contributed by atoms with Crippen LogP contribution >= 0.6 is 27.7 Å². The summed E-state index contributed by atoms with van der Waals surface area (Å²) in [6, 6.07) is 36.5. The molecule has 36 heavy (non-hydrogen) atoms. The van der Waals surface area contributed by atoms with Gasteiger partial charge in [0.1, 0.15) is 0 Å². The minimum atomic E-state index is -0.939. The molecule has 0 bridgehead atoms. The first kappa shape index (κ1) is 22.8. The topological polar surface area (TPSA) is 48.3 Å². The van der Waals surface area contributed by atoms with Gasteiger partial charge in [-0.15, -0.1) is 0 Å². The van der Waals surface area contributed by atoms with Crippen LogP contribution in [0.25, 0.3) is 0 Å². The van der Waals surface area contributed by atoms with E-state index in [1.165, 1.54) is 11.8 Å². The molecule has 2 aliphatic rings. The van der Waals surface area contributed by atoms with Crippen LogP contribution in [0.5, 0.6) is 0 Å². The summed E-state index contributed by atoms with van der Waals surface area (Å²) >= 11 is 4.96. The number of Topliss-reactive ketones (excluding diaryl/α,β-unsaturated/α-hetero) is 1. The summed E-state index contributed by atoms with van der Waals surface area (Å²) in [5.74, 6) is -0.0812. The summed E-state index contributed by atoms with van der Waals surface area (Å²) in [7, 11) is 0. The number of carbonyl (C=O) groups is 1. The van der Waals surface area contributed by atoms with Gasteiger partial charge in [0, 0.05) is 28.1 Å². The molecule has 0 radical (unpaired) electrons. The van der Waals surface area contributed by atoms with E-state index in [4.69, 9.17) is 10.2 Å². The second kappa shape index (κ2) is 9.08. The normalized spacial score (nSPS) is 18.6. The molecule has 0 N–H and O–H groups in total. The number of nitrogens with zero attached hydrogens (tertiary/aromatic N) is 4. The Balaban J connectivity index is 1.66. The van der Waals surface area contributed by atoms with Crippen LogP contribution in [-0.4, -0.2) is 16.5 Å². The fraction of sp³-hybridized carbons (Fsp3) is 0.0690. The van der Waals surface area contributed by atoms with Gasteiger partial charge < -0.3 is 0 Å². The molecule has 0 amide bonds. The molecule has 0 aromatic heterocycles. The lowest BCUT2D eigenvalue weighted by Crippen LogP contribution is -2.54. The van der Waals surface area contributed by atoms with Gasteiger partial charge in [0.05, 0.1) is 17.1 Å². The summed E-state index contributed by atoms with van der Waals surface area (Å²) in [6.07, 6.45) is 0. The molecule has 176 valence electrons. The molecular weight excluding hydrogens is 532 g/mol. The molecule has 0 saturated carbocycles. The van der Waals surface area contributed by atoms with Crippen LogP contribution in [0.4, 0.5) is 11.4 Å². The summed E-state index contributed by atoms with van der Waals surface area (Å²) in [4.78, 5) is 11.8. The fourth-order valence-corrected chi connectivity index (χ4v) is 6.09. The summed E-state index contributed by atoms with van der Waals surface area (Å²) in [6.45, 7) is 1.56. The number of hydrazone groups is 2. The maximum absolute atomic E-state index is 12.7. The van der Waals surface area contributed by atoms with E-state index in [0.717, 1.165) is 38.2 Å². The maximum Gasteiger partial charge on any atom is 0.234 e. The molecule has 1 spiro atoms. The Labute approximate surface area is 222 Å². The fourth-order valence-electron chi connectivity index (χ4n) is 4.54. The Bertz CT molecular complexity index is 1510. The van der Waals surface area contributed by atoms with Crippen molar-refractivity contribution in [1.82, 2.24) is 0 Å². The van der Waals surface area contributed by atoms with Crippen molar-refractivity contribution in [1.29, 1.82) is 0 Å². The molecule has 4 aromatic rings. The van der Waals surface area contributed by atoms with Gasteiger partial charge in [0.25, 0.3) is 0 Å². The number of halogens is 1. The number of benzene rings is 4. The largest absolute Gasteiger partial charge is 0.292 e. The van der Waals surface area contributed by atoms with E-state index in [-0.39, 0.29) is 5.78 Å².